The van der Waals surface area contributed by atoms with E-state index in [1.54, 1.807) is 6.07 Å². The Bertz CT molecular complexity index is 1300. The van der Waals surface area contributed by atoms with Crippen LogP contribution in [0.3, 0.4) is 0 Å². The maximum atomic E-state index is 13.3. The fraction of sp³-hybridized carbons (Fsp3) is 0.423. The van der Waals surface area contributed by atoms with Crippen molar-refractivity contribution in [3.8, 4) is 11.4 Å². The highest BCUT2D eigenvalue weighted by atomic mass is 32.2. The number of aromatic nitrogens is 2. The molecule has 0 unspecified atom stereocenters. The minimum atomic E-state index is -3.91. The zero-order valence-corrected chi connectivity index (χ0v) is 22.5. The molecule has 3 aromatic rings. The molecule has 1 aromatic heterocycles. The zero-order valence-electron chi connectivity index (χ0n) is 20.9. The topological polar surface area (TPSA) is 105 Å². The van der Waals surface area contributed by atoms with Gasteiger partial charge in [-0.25, -0.2) is 13.1 Å². The number of nitrogens with one attached hydrogen (secondary N) is 1. The number of sulfonamides is 1. The van der Waals surface area contributed by atoms with Crippen LogP contribution in [0.4, 0.5) is 0 Å². The SMILES string of the molecule is CSc1ccc(S(=O)(=O)NCc2nc(-c3ccc(C(C)C)cc3)no2)cc1C(=O)N1CCCCCC1. The molecule has 1 aliphatic heterocycles. The summed E-state index contributed by atoms with van der Waals surface area (Å²) in [6.45, 7) is 5.48. The zero-order chi connectivity index (χ0) is 25.7. The highest BCUT2D eigenvalue weighted by Crippen LogP contribution is 2.26. The average Bonchev–Trinajstić information content (AvgIpc) is 3.20. The molecule has 1 amide bonds. The molecule has 36 heavy (non-hydrogen) atoms. The van der Waals surface area contributed by atoms with Crippen molar-refractivity contribution in [2.24, 2.45) is 0 Å². The van der Waals surface area contributed by atoms with E-state index >= 15 is 0 Å². The van der Waals surface area contributed by atoms with Crippen LogP contribution in [0.1, 0.15) is 67.3 Å². The molecule has 1 N–H and O–H groups in total. The van der Waals surface area contributed by atoms with Crippen molar-refractivity contribution < 1.29 is 17.7 Å². The van der Waals surface area contributed by atoms with Gasteiger partial charge in [0.05, 0.1) is 17.0 Å². The van der Waals surface area contributed by atoms with Gasteiger partial charge in [-0.3, -0.25) is 4.79 Å². The lowest BCUT2D eigenvalue weighted by molar-refractivity contribution is 0.0758. The summed E-state index contributed by atoms with van der Waals surface area (Å²) < 4.78 is 33.9. The molecule has 0 spiro atoms. The number of carbonyl (C=O) groups excluding carboxylic acids is 1. The summed E-state index contributed by atoms with van der Waals surface area (Å²) in [5.74, 6) is 0.847. The Hall–Kier alpha value is -2.69. The molecular weight excluding hydrogens is 496 g/mol. The molecule has 8 nitrogen and oxygen atoms in total. The van der Waals surface area contributed by atoms with E-state index in [9.17, 15) is 13.2 Å². The van der Waals surface area contributed by atoms with Gasteiger partial charge in [-0.1, -0.05) is 56.1 Å². The highest BCUT2D eigenvalue weighted by molar-refractivity contribution is 7.98. The predicted molar refractivity (Wildman–Crippen MR) is 140 cm³/mol. The first-order valence-corrected chi connectivity index (χ1v) is 14.9. The molecule has 192 valence electrons. The van der Waals surface area contributed by atoms with Gasteiger partial charge in [0.1, 0.15) is 0 Å². The van der Waals surface area contributed by atoms with Crippen molar-refractivity contribution >= 4 is 27.7 Å². The molecule has 0 saturated carbocycles. The minimum Gasteiger partial charge on any atom is -0.339 e. The summed E-state index contributed by atoms with van der Waals surface area (Å²) in [7, 11) is -3.91. The standard InChI is InChI=1S/C26H32N4O4S2/c1-18(2)19-8-10-20(11-9-19)25-28-24(34-29-25)17-27-36(32,33)21-12-13-23(35-3)22(16-21)26(31)30-14-6-4-5-7-15-30/h8-13,16,18,27H,4-7,14-15,17H2,1-3H3. The molecule has 1 saturated heterocycles. The summed E-state index contributed by atoms with van der Waals surface area (Å²) in [6.07, 6.45) is 6.03. The molecule has 0 aliphatic carbocycles. The molecule has 10 heteroatoms. The van der Waals surface area contributed by atoms with E-state index in [0.717, 1.165) is 36.1 Å². The number of benzene rings is 2. The largest absolute Gasteiger partial charge is 0.339 e. The summed E-state index contributed by atoms with van der Waals surface area (Å²) >= 11 is 1.43. The van der Waals surface area contributed by atoms with Crippen LogP contribution < -0.4 is 4.72 Å². The quantitative estimate of drug-likeness (QED) is 0.407. The Morgan fingerprint density at radius 1 is 1.08 bits per heavy atom. The molecule has 2 aromatic carbocycles. The van der Waals surface area contributed by atoms with Crippen LogP contribution in [0.5, 0.6) is 0 Å². The molecule has 2 heterocycles. The van der Waals surface area contributed by atoms with Crippen LogP contribution in [-0.4, -0.2) is 48.7 Å². The third kappa shape index (κ3) is 6.16. The number of amides is 1. The van der Waals surface area contributed by atoms with Crippen LogP contribution in [0.2, 0.25) is 0 Å². The van der Waals surface area contributed by atoms with Crippen LogP contribution >= 0.6 is 11.8 Å². The smallest absolute Gasteiger partial charge is 0.255 e. The molecule has 0 atom stereocenters. The minimum absolute atomic E-state index is 0.0301. The summed E-state index contributed by atoms with van der Waals surface area (Å²) in [4.78, 5) is 20.2. The number of hydrogen-bond donors (Lipinski definition) is 1. The number of nitrogens with zero attached hydrogens (tertiary/aromatic N) is 3. The predicted octanol–water partition coefficient (Wildman–Crippen LogP) is 5.08. The third-order valence-corrected chi connectivity index (χ3v) is 8.52. The number of carbonyl (C=O) groups is 1. The van der Waals surface area contributed by atoms with Gasteiger partial charge in [-0.15, -0.1) is 11.8 Å². The van der Waals surface area contributed by atoms with Gasteiger partial charge in [-0.05, 0) is 48.8 Å². The van der Waals surface area contributed by atoms with Crippen molar-refractivity contribution in [2.75, 3.05) is 19.3 Å². The monoisotopic (exact) mass is 528 g/mol. The van der Waals surface area contributed by atoms with Crippen molar-refractivity contribution in [1.29, 1.82) is 0 Å². The van der Waals surface area contributed by atoms with Gasteiger partial charge in [0.2, 0.25) is 21.7 Å². The second-order valence-electron chi connectivity index (χ2n) is 9.18. The average molecular weight is 529 g/mol. The molecule has 4 rings (SSSR count). The molecular formula is C26H32N4O4S2. The van der Waals surface area contributed by atoms with Crippen LogP contribution in [-0.2, 0) is 16.6 Å². The summed E-state index contributed by atoms with van der Waals surface area (Å²) in [5, 5.41) is 3.98. The first-order chi connectivity index (χ1) is 17.3. The molecule has 1 fully saturated rings. The lowest BCUT2D eigenvalue weighted by Crippen LogP contribution is -2.32. The fourth-order valence-electron chi connectivity index (χ4n) is 4.17. The van der Waals surface area contributed by atoms with Gasteiger partial charge in [0.15, 0.2) is 0 Å². The van der Waals surface area contributed by atoms with Crippen molar-refractivity contribution in [3.05, 3.63) is 59.5 Å². The maximum absolute atomic E-state index is 13.3. The van der Waals surface area contributed by atoms with E-state index in [0.29, 0.717) is 30.4 Å². The van der Waals surface area contributed by atoms with E-state index in [1.807, 2.05) is 35.4 Å². The van der Waals surface area contributed by atoms with E-state index in [4.69, 9.17) is 4.52 Å². The van der Waals surface area contributed by atoms with Gasteiger partial charge in [0, 0.05) is 23.5 Å². The van der Waals surface area contributed by atoms with E-state index in [1.165, 1.54) is 29.5 Å². The lowest BCUT2D eigenvalue weighted by Gasteiger charge is -2.22. The lowest BCUT2D eigenvalue weighted by atomic mass is 10.0. The van der Waals surface area contributed by atoms with E-state index in [2.05, 4.69) is 28.7 Å². The highest BCUT2D eigenvalue weighted by Gasteiger charge is 2.24. The second-order valence-corrected chi connectivity index (χ2v) is 11.8. The normalized spacial score (nSPS) is 14.7. The van der Waals surface area contributed by atoms with Crippen LogP contribution in [0, 0.1) is 0 Å². The number of hydrogen-bond acceptors (Lipinski definition) is 7. The van der Waals surface area contributed by atoms with Crippen LogP contribution in [0.15, 0.2) is 56.8 Å². The molecule has 0 bridgehead atoms. The van der Waals surface area contributed by atoms with Crippen molar-refractivity contribution in [1.82, 2.24) is 19.8 Å². The van der Waals surface area contributed by atoms with E-state index in [-0.39, 0.29) is 23.2 Å². The maximum Gasteiger partial charge on any atom is 0.255 e. The molecule has 1 aliphatic rings. The Balaban J connectivity index is 1.48. The Labute approximate surface area is 216 Å². The van der Waals surface area contributed by atoms with E-state index < -0.39 is 10.0 Å². The van der Waals surface area contributed by atoms with Gasteiger partial charge in [-0.2, -0.15) is 4.98 Å². The summed E-state index contributed by atoms with van der Waals surface area (Å²) in [5.41, 5.74) is 2.41. The van der Waals surface area contributed by atoms with Gasteiger partial charge >= 0.3 is 0 Å². The Morgan fingerprint density at radius 3 is 2.42 bits per heavy atom. The van der Waals surface area contributed by atoms with Crippen molar-refractivity contribution in [3.63, 3.8) is 0 Å². The number of likely N-dealkylation sites (tertiary alicyclic amines) is 1. The Kier molecular flexibility index (Phi) is 8.48. The van der Waals surface area contributed by atoms with Crippen molar-refractivity contribution in [2.45, 2.75) is 61.8 Å². The Morgan fingerprint density at radius 2 is 1.78 bits per heavy atom. The number of rotatable bonds is 8. The van der Waals surface area contributed by atoms with Crippen LogP contribution in [0.25, 0.3) is 11.4 Å². The first-order valence-electron chi connectivity index (χ1n) is 12.2. The second kappa shape index (κ2) is 11.6. The summed E-state index contributed by atoms with van der Waals surface area (Å²) in [6, 6.07) is 12.5. The first kappa shape index (κ1) is 26.4. The fourth-order valence-corrected chi connectivity index (χ4v) is 5.74. The van der Waals surface area contributed by atoms with Gasteiger partial charge < -0.3 is 9.42 Å². The molecule has 0 radical (unpaired) electrons. The number of thioether (sulfide) groups is 1. The third-order valence-electron chi connectivity index (χ3n) is 6.32. The van der Waals surface area contributed by atoms with Gasteiger partial charge in [0.25, 0.3) is 5.91 Å².